The van der Waals surface area contributed by atoms with E-state index in [1.165, 1.54) is 0 Å². The van der Waals surface area contributed by atoms with E-state index in [4.69, 9.17) is 4.74 Å². The second-order valence-electron chi connectivity index (χ2n) is 3.91. The number of fused-ring (bicyclic) bond motifs is 1. The van der Waals surface area contributed by atoms with Crippen LogP contribution in [0, 0.1) is 0 Å². The maximum atomic E-state index is 9.35. The van der Waals surface area contributed by atoms with Gasteiger partial charge in [-0.3, -0.25) is 0 Å². The fourth-order valence-electron chi connectivity index (χ4n) is 1.83. The zero-order chi connectivity index (χ0) is 11.8. The fourth-order valence-corrected chi connectivity index (χ4v) is 1.83. The molecule has 1 heterocycles. The Morgan fingerprint density at radius 3 is 2.41 bits per heavy atom. The summed E-state index contributed by atoms with van der Waals surface area (Å²) >= 11 is 0. The largest absolute Gasteiger partial charge is 0.508 e. The van der Waals surface area contributed by atoms with Crippen LogP contribution in [0.15, 0.2) is 42.5 Å². The molecule has 86 valence electrons. The molecule has 0 aliphatic carbocycles. The van der Waals surface area contributed by atoms with E-state index in [2.05, 4.69) is 5.32 Å². The zero-order valence-corrected chi connectivity index (χ0v) is 8.92. The molecule has 1 aliphatic rings. The number of nitrogens with one attached hydrogen (secondary N) is 1. The van der Waals surface area contributed by atoms with Crippen molar-refractivity contribution < 1.29 is 14.9 Å². The van der Waals surface area contributed by atoms with Crippen LogP contribution < -0.4 is 10.1 Å². The van der Waals surface area contributed by atoms with Gasteiger partial charge in [-0.05, 0) is 36.4 Å². The van der Waals surface area contributed by atoms with E-state index in [1.807, 2.05) is 0 Å². The van der Waals surface area contributed by atoms with Crippen molar-refractivity contribution in [2.75, 3.05) is 5.32 Å². The van der Waals surface area contributed by atoms with Crippen LogP contribution in [-0.2, 0) is 0 Å². The topological polar surface area (TPSA) is 61.7 Å². The van der Waals surface area contributed by atoms with Crippen molar-refractivity contribution >= 4 is 5.69 Å². The predicted molar refractivity (Wildman–Crippen MR) is 63.2 cm³/mol. The van der Waals surface area contributed by atoms with Crippen molar-refractivity contribution in [1.29, 1.82) is 0 Å². The van der Waals surface area contributed by atoms with Gasteiger partial charge in [0.15, 0.2) is 6.23 Å². The summed E-state index contributed by atoms with van der Waals surface area (Å²) < 4.78 is 5.66. The van der Waals surface area contributed by atoms with Crippen LogP contribution in [0.2, 0.25) is 0 Å². The lowest BCUT2D eigenvalue weighted by molar-refractivity contribution is 0.259. The number of phenolic OH excluding ortho intramolecular Hbond substituents is 2. The van der Waals surface area contributed by atoms with Crippen molar-refractivity contribution in [3.8, 4) is 17.2 Å². The molecule has 1 atom stereocenters. The summed E-state index contributed by atoms with van der Waals surface area (Å²) in [4.78, 5) is 0. The van der Waals surface area contributed by atoms with Gasteiger partial charge in [-0.25, -0.2) is 0 Å². The van der Waals surface area contributed by atoms with Gasteiger partial charge in [0.05, 0.1) is 5.69 Å². The molecule has 0 bridgehead atoms. The van der Waals surface area contributed by atoms with Crippen LogP contribution in [0.5, 0.6) is 17.2 Å². The summed E-state index contributed by atoms with van der Waals surface area (Å²) in [7, 11) is 0. The number of anilines is 1. The lowest BCUT2D eigenvalue weighted by atomic mass is 10.2. The molecule has 4 nitrogen and oxygen atoms in total. The second-order valence-corrected chi connectivity index (χ2v) is 3.91. The third-order valence-electron chi connectivity index (χ3n) is 2.69. The third-order valence-corrected chi connectivity index (χ3v) is 2.69. The Morgan fingerprint density at radius 2 is 1.65 bits per heavy atom. The second kappa shape index (κ2) is 3.59. The number of hydrogen-bond donors (Lipinski definition) is 3. The smallest absolute Gasteiger partial charge is 0.196 e. The van der Waals surface area contributed by atoms with Crippen LogP contribution in [0.25, 0.3) is 0 Å². The Bertz CT molecular complexity index is 551. The van der Waals surface area contributed by atoms with E-state index >= 15 is 0 Å². The third kappa shape index (κ3) is 1.73. The van der Waals surface area contributed by atoms with Gasteiger partial charge >= 0.3 is 0 Å². The zero-order valence-electron chi connectivity index (χ0n) is 8.92. The number of ether oxygens (including phenoxy) is 1. The van der Waals surface area contributed by atoms with Gasteiger partial charge in [0, 0.05) is 11.6 Å². The first-order chi connectivity index (χ1) is 8.22. The summed E-state index contributed by atoms with van der Waals surface area (Å²) in [6, 6.07) is 11.8. The highest BCUT2D eigenvalue weighted by atomic mass is 16.5. The van der Waals surface area contributed by atoms with E-state index in [9.17, 15) is 10.2 Å². The minimum Gasteiger partial charge on any atom is -0.508 e. The average molecular weight is 229 g/mol. The lowest BCUT2D eigenvalue weighted by Crippen LogP contribution is -2.09. The van der Waals surface area contributed by atoms with Gasteiger partial charge in [-0.1, -0.05) is 0 Å². The summed E-state index contributed by atoms with van der Waals surface area (Å²) in [5.74, 6) is 1.03. The fraction of sp³-hybridized carbons (Fsp3) is 0.0769. The van der Waals surface area contributed by atoms with Crippen molar-refractivity contribution in [2.24, 2.45) is 0 Å². The molecular formula is C13H11NO3. The first kappa shape index (κ1) is 9.84. The monoisotopic (exact) mass is 229 g/mol. The van der Waals surface area contributed by atoms with Gasteiger partial charge < -0.3 is 20.3 Å². The molecule has 0 saturated heterocycles. The van der Waals surface area contributed by atoms with Gasteiger partial charge in [0.1, 0.15) is 17.2 Å². The minimum atomic E-state index is -0.285. The van der Waals surface area contributed by atoms with Crippen molar-refractivity contribution in [3.63, 3.8) is 0 Å². The molecule has 4 heteroatoms. The van der Waals surface area contributed by atoms with E-state index < -0.39 is 0 Å². The summed E-state index contributed by atoms with van der Waals surface area (Å²) in [6.07, 6.45) is -0.285. The average Bonchev–Trinajstić information content (AvgIpc) is 2.72. The van der Waals surface area contributed by atoms with Crippen LogP contribution in [0.1, 0.15) is 11.8 Å². The minimum absolute atomic E-state index is 0.178. The standard InChI is InChI=1S/C13H11NO3/c15-9-3-1-8(2-4-9)13-14-11-6-5-10(16)7-12(11)17-13/h1-7,13-16H. The van der Waals surface area contributed by atoms with Crippen LogP contribution in [0.4, 0.5) is 5.69 Å². The molecule has 17 heavy (non-hydrogen) atoms. The Morgan fingerprint density at radius 1 is 0.941 bits per heavy atom. The van der Waals surface area contributed by atoms with Crippen LogP contribution in [0.3, 0.4) is 0 Å². The number of aromatic hydroxyl groups is 2. The molecule has 0 amide bonds. The van der Waals surface area contributed by atoms with E-state index in [0.717, 1.165) is 11.3 Å². The van der Waals surface area contributed by atoms with E-state index in [-0.39, 0.29) is 17.7 Å². The molecule has 3 N–H and O–H groups in total. The number of hydrogen-bond acceptors (Lipinski definition) is 4. The van der Waals surface area contributed by atoms with Gasteiger partial charge in [0.2, 0.25) is 0 Å². The molecule has 2 aromatic rings. The molecule has 0 radical (unpaired) electrons. The normalized spacial score (nSPS) is 17.1. The first-order valence-electron chi connectivity index (χ1n) is 5.27. The molecule has 0 aromatic heterocycles. The molecule has 1 aliphatic heterocycles. The van der Waals surface area contributed by atoms with E-state index in [0.29, 0.717) is 5.75 Å². The molecule has 3 rings (SSSR count). The first-order valence-corrected chi connectivity index (χ1v) is 5.27. The van der Waals surface area contributed by atoms with Gasteiger partial charge in [-0.15, -0.1) is 0 Å². The number of rotatable bonds is 1. The molecule has 1 unspecified atom stereocenters. The highest BCUT2D eigenvalue weighted by molar-refractivity contribution is 5.63. The summed E-state index contributed by atoms with van der Waals surface area (Å²) in [5, 5.41) is 21.7. The molecule has 0 fully saturated rings. The Hall–Kier alpha value is -2.36. The Labute approximate surface area is 98.1 Å². The highest BCUT2D eigenvalue weighted by Gasteiger charge is 2.23. The van der Waals surface area contributed by atoms with Crippen molar-refractivity contribution in [1.82, 2.24) is 0 Å². The van der Waals surface area contributed by atoms with Gasteiger partial charge in [0.25, 0.3) is 0 Å². The number of benzene rings is 2. The predicted octanol–water partition coefficient (Wildman–Crippen LogP) is 2.60. The molecule has 0 spiro atoms. The maximum absolute atomic E-state index is 9.35. The lowest BCUT2D eigenvalue weighted by Gasteiger charge is -2.11. The molecule has 0 saturated carbocycles. The summed E-state index contributed by atoms with van der Waals surface area (Å²) in [5.41, 5.74) is 1.76. The van der Waals surface area contributed by atoms with Crippen molar-refractivity contribution in [2.45, 2.75) is 6.23 Å². The van der Waals surface area contributed by atoms with Crippen LogP contribution in [-0.4, -0.2) is 10.2 Å². The van der Waals surface area contributed by atoms with Gasteiger partial charge in [-0.2, -0.15) is 0 Å². The SMILES string of the molecule is Oc1ccc(C2Nc3ccc(O)cc3O2)cc1. The maximum Gasteiger partial charge on any atom is 0.196 e. The Balaban J connectivity index is 1.88. The quantitative estimate of drug-likeness (QED) is 0.658. The number of phenols is 2. The molecular weight excluding hydrogens is 218 g/mol. The van der Waals surface area contributed by atoms with E-state index in [1.54, 1.807) is 42.5 Å². The summed E-state index contributed by atoms with van der Waals surface area (Å²) in [6.45, 7) is 0. The molecule has 2 aromatic carbocycles. The van der Waals surface area contributed by atoms with Crippen LogP contribution >= 0.6 is 0 Å². The highest BCUT2D eigenvalue weighted by Crippen LogP contribution is 2.39. The Kier molecular flexibility index (Phi) is 2.08. The van der Waals surface area contributed by atoms with Crippen molar-refractivity contribution in [3.05, 3.63) is 48.0 Å².